The van der Waals surface area contributed by atoms with Crippen LogP contribution in [0.25, 0.3) is 0 Å². The summed E-state index contributed by atoms with van der Waals surface area (Å²) in [7, 11) is 1.52. The fraction of sp³-hybridized carbons (Fsp3) is 0.160. The van der Waals surface area contributed by atoms with Crippen LogP contribution < -0.4 is 15.4 Å². The van der Waals surface area contributed by atoms with Crippen molar-refractivity contribution in [1.82, 2.24) is 4.90 Å². The molecule has 162 valence electrons. The summed E-state index contributed by atoms with van der Waals surface area (Å²) >= 11 is 0. The van der Waals surface area contributed by atoms with Crippen molar-refractivity contribution in [2.45, 2.75) is 6.92 Å². The van der Waals surface area contributed by atoms with Crippen molar-refractivity contribution in [3.8, 4) is 5.75 Å². The molecule has 0 aromatic heterocycles. The van der Waals surface area contributed by atoms with E-state index in [1.54, 1.807) is 42.5 Å². The molecular formula is C25H24N4O3. The maximum absolute atomic E-state index is 12.9. The highest BCUT2D eigenvalue weighted by Crippen LogP contribution is 2.24. The Morgan fingerprint density at radius 2 is 1.53 bits per heavy atom. The van der Waals surface area contributed by atoms with Crippen molar-refractivity contribution in [2.24, 2.45) is 0 Å². The molecule has 7 heteroatoms. The van der Waals surface area contributed by atoms with Crippen molar-refractivity contribution < 1.29 is 14.3 Å². The van der Waals surface area contributed by atoms with Crippen LogP contribution >= 0.6 is 0 Å². The summed E-state index contributed by atoms with van der Waals surface area (Å²) < 4.78 is 5.26. The molecule has 1 saturated heterocycles. The lowest BCUT2D eigenvalue weighted by atomic mass is 10.1. The Hall–Kier alpha value is -4.13. The number of nitrogens with zero attached hydrogens (tertiary/aromatic N) is 1. The van der Waals surface area contributed by atoms with Crippen LogP contribution in [-0.4, -0.2) is 42.7 Å². The van der Waals surface area contributed by atoms with Gasteiger partial charge in [-0.05, 0) is 49.4 Å². The number of methoxy groups -OCH3 is 1. The van der Waals surface area contributed by atoms with Gasteiger partial charge >= 0.3 is 0 Å². The Morgan fingerprint density at radius 3 is 2.16 bits per heavy atom. The first-order valence-electron chi connectivity index (χ1n) is 10.3. The molecule has 1 fully saturated rings. The number of aryl methyl sites for hydroxylation is 1. The van der Waals surface area contributed by atoms with Crippen LogP contribution in [0.5, 0.6) is 5.75 Å². The number of amidine groups is 1. The first kappa shape index (κ1) is 21.1. The largest absolute Gasteiger partial charge is 0.497 e. The number of rotatable bonds is 6. The summed E-state index contributed by atoms with van der Waals surface area (Å²) in [5.41, 5.74) is 3.62. The van der Waals surface area contributed by atoms with Gasteiger partial charge in [-0.3, -0.25) is 15.0 Å². The lowest BCUT2D eigenvalue weighted by molar-refractivity contribution is 0.102. The molecule has 0 radical (unpaired) electrons. The molecule has 4 rings (SSSR count). The van der Waals surface area contributed by atoms with E-state index in [-0.39, 0.29) is 11.8 Å². The highest BCUT2D eigenvalue weighted by molar-refractivity contribution is 6.13. The monoisotopic (exact) mass is 428 g/mol. The number of hydrogen-bond acceptors (Lipinski definition) is 4. The van der Waals surface area contributed by atoms with E-state index in [2.05, 4.69) is 10.6 Å². The van der Waals surface area contributed by atoms with Gasteiger partial charge in [0.2, 0.25) is 0 Å². The predicted octanol–water partition coefficient (Wildman–Crippen LogP) is 4.15. The third-order valence-electron chi connectivity index (χ3n) is 5.21. The van der Waals surface area contributed by atoms with Crippen LogP contribution in [0.3, 0.4) is 0 Å². The minimum Gasteiger partial charge on any atom is -0.497 e. The maximum Gasteiger partial charge on any atom is 0.257 e. The van der Waals surface area contributed by atoms with E-state index in [1.807, 2.05) is 36.1 Å². The van der Waals surface area contributed by atoms with Crippen molar-refractivity contribution in [2.75, 3.05) is 30.8 Å². The van der Waals surface area contributed by atoms with Gasteiger partial charge in [-0.25, -0.2) is 0 Å². The predicted molar refractivity (Wildman–Crippen MR) is 125 cm³/mol. The van der Waals surface area contributed by atoms with Crippen molar-refractivity contribution in [3.63, 3.8) is 0 Å². The van der Waals surface area contributed by atoms with Gasteiger partial charge in [-0.2, -0.15) is 0 Å². The van der Waals surface area contributed by atoms with Crippen LogP contribution in [0, 0.1) is 12.3 Å². The standard InChI is InChI=1S/C25H24N4O3/c1-16-3-9-19(10-4-16)27-25(31)21-15-20(32-2)11-12-22(21)28-24(30)18-7-5-17(6-8-18)23(26)29-13-14-29/h3-12,15,26H,13-14H2,1-2H3,(H,27,31)(H,28,30). The van der Waals surface area contributed by atoms with E-state index in [9.17, 15) is 9.59 Å². The molecule has 3 N–H and O–H groups in total. The van der Waals surface area contributed by atoms with Gasteiger partial charge in [-0.15, -0.1) is 0 Å². The normalized spacial score (nSPS) is 12.1. The van der Waals surface area contributed by atoms with Gasteiger partial charge in [0.1, 0.15) is 11.6 Å². The second-order valence-electron chi connectivity index (χ2n) is 7.60. The fourth-order valence-corrected chi connectivity index (χ4v) is 3.21. The quantitative estimate of drug-likeness (QED) is 0.312. The van der Waals surface area contributed by atoms with E-state index in [4.69, 9.17) is 10.1 Å². The van der Waals surface area contributed by atoms with Gasteiger partial charge in [-0.1, -0.05) is 29.8 Å². The van der Waals surface area contributed by atoms with Crippen LogP contribution in [-0.2, 0) is 0 Å². The minimum atomic E-state index is -0.356. The molecule has 7 nitrogen and oxygen atoms in total. The number of ether oxygens (including phenoxy) is 1. The first-order chi connectivity index (χ1) is 15.4. The lowest BCUT2D eigenvalue weighted by Gasteiger charge is -2.14. The Bertz CT molecular complexity index is 1170. The van der Waals surface area contributed by atoms with Crippen LogP contribution in [0.2, 0.25) is 0 Å². The maximum atomic E-state index is 12.9. The van der Waals surface area contributed by atoms with Crippen LogP contribution in [0.15, 0.2) is 66.7 Å². The van der Waals surface area contributed by atoms with E-state index >= 15 is 0 Å². The second kappa shape index (κ2) is 8.93. The Morgan fingerprint density at radius 1 is 0.875 bits per heavy atom. The number of nitrogens with one attached hydrogen (secondary N) is 3. The average Bonchev–Trinajstić information content (AvgIpc) is 3.66. The summed E-state index contributed by atoms with van der Waals surface area (Å²) in [6, 6.07) is 19.3. The third-order valence-corrected chi connectivity index (χ3v) is 5.21. The molecule has 3 aromatic carbocycles. The summed E-state index contributed by atoms with van der Waals surface area (Å²) in [6.07, 6.45) is 0. The number of amides is 2. The zero-order valence-electron chi connectivity index (χ0n) is 17.9. The van der Waals surface area contributed by atoms with Gasteiger partial charge in [0.05, 0.1) is 18.4 Å². The van der Waals surface area contributed by atoms with E-state index in [1.165, 1.54) is 7.11 Å². The fourth-order valence-electron chi connectivity index (χ4n) is 3.21. The van der Waals surface area contributed by atoms with E-state index in [0.717, 1.165) is 24.2 Å². The molecule has 0 unspecified atom stereocenters. The van der Waals surface area contributed by atoms with Crippen molar-refractivity contribution >= 4 is 29.0 Å². The molecule has 0 spiro atoms. The number of benzene rings is 3. The highest BCUT2D eigenvalue weighted by atomic mass is 16.5. The summed E-state index contributed by atoms with van der Waals surface area (Å²) in [6.45, 7) is 3.76. The number of hydrogen-bond donors (Lipinski definition) is 3. The van der Waals surface area contributed by atoms with E-state index < -0.39 is 0 Å². The molecule has 0 aliphatic carbocycles. The molecule has 0 saturated carbocycles. The number of carbonyl (C=O) groups is 2. The summed E-state index contributed by atoms with van der Waals surface area (Å²) in [5.74, 6) is 0.270. The molecule has 0 bridgehead atoms. The van der Waals surface area contributed by atoms with Gasteiger partial charge in [0, 0.05) is 29.9 Å². The van der Waals surface area contributed by atoms with Crippen LogP contribution in [0.1, 0.15) is 31.8 Å². The molecular weight excluding hydrogens is 404 g/mol. The van der Waals surface area contributed by atoms with E-state index in [0.29, 0.717) is 34.1 Å². The zero-order chi connectivity index (χ0) is 22.7. The van der Waals surface area contributed by atoms with Gasteiger partial charge < -0.3 is 20.3 Å². The van der Waals surface area contributed by atoms with Crippen LogP contribution in [0.4, 0.5) is 11.4 Å². The molecule has 0 atom stereocenters. The zero-order valence-corrected chi connectivity index (χ0v) is 17.9. The first-order valence-corrected chi connectivity index (χ1v) is 10.3. The SMILES string of the molecule is COc1ccc(NC(=O)c2ccc(C(=N)N3CC3)cc2)c(C(=O)Nc2ccc(C)cc2)c1. The minimum absolute atomic E-state index is 0.290. The molecule has 1 aliphatic rings. The Balaban J connectivity index is 1.53. The summed E-state index contributed by atoms with van der Waals surface area (Å²) in [4.78, 5) is 27.7. The lowest BCUT2D eigenvalue weighted by Crippen LogP contribution is -2.18. The molecule has 1 aliphatic heterocycles. The number of anilines is 2. The van der Waals surface area contributed by atoms with Crippen molar-refractivity contribution in [3.05, 3.63) is 89.0 Å². The number of carbonyl (C=O) groups excluding carboxylic acids is 2. The van der Waals surface area contributed by atoms with Gasteiger partial charge in [0.25, 0.3) is 11.8 Å². The topological polar surface area (TPSA) is 94.3 Å². The highest BCUT2D eigenvalue weighted by Gasteiger charge is 2.22. The molecule has 32 heavy (non-hydrogen) atoms. The summed E-state index contributed by atoms with van der Waals surface area (Å²) in [5, 5.41) is 13.8. The average molecular weight is 428 g/mol. The smallest absolute Gasteiger partial charge is 0.257 e. The van der Waals surface area contributed by atoms with Crippen molar-refractivity contribution in [1.29, 1.82) is 5.41 Å². The van der Waals surface area contributed by atoms with Gasteiger partial charge in [0.15, 0.2) is 0 Å². The third kappa shape index (κ3) is 4.78. The Kier molecular flexibility index (Phi) is 5.89. The molecule has 3 aromatic rings. The molecule has 2 amide bonds. The molecule has 1 heterocycles. The second-order valence-corrected chi connectivity index (χ2v) is 7.60. The Labute approximate surface area is 186 Å².